The summed E-state index contributed by atoms with van der Waals surface area (Å²) in [4.78, 5) is 3.81. The molecule has 0 atom stereocenters. The van der Waals surface area contributed by atoms with Crippen LogP contribution in [0.5, 0.6) is 5.75 Å². The van der Waals surface area contributed by atoms with Crippen molar-refractivity contribution in [2.45, 2.75) is 19.7 Å². The van der Waals surface area contributed by atoms with Gasteiger partial charge in [-0.2, -0.15) is 8.78 Å². The van der Waals surface area contributed by atoms with Crippen molar-refractivity contribution in [3.63, 3.8) is 0 Å². The zero-order valence-corrected chi connectivity index (χ0v) is 10.6. The minimum absolute atomic E-state index is 0.0843. The molecular formula is C12H12ClF2N3O. The average molecular weight is 288 g/mol. The molecule has 0 aliphatic heterocycles. The van der Waals surface area contributed by atoms with E-state index < -0.39 is 6.55 Å². The highest BCUT2D eigenvalue weighted by Gasteiger charge is 2.12. The molecule has 0 saturated heterocycles. The SMILES string of the molecule is NCc1ccc(OCc2nccn2C(F)F)c(Cl)c1. The fourth-order valence-electron chi connectivity index (χ4n) is 1.56. The van der Waals surface area contributed by atoms with E-state index in [1.54, 1.807) is 18.2 Å². The van der Waals surface area contributed by atoms with Gasteiger partial charge in [0.15, 0.2) is 5.82 Å². The molecular weight excluding hydrogens is 276 g/mol. The van der Waals surface area contributed by atoms with Gasteiger partial charge in [0.25, 0.3) is 0 Å². The number of hydrogen-bond acceptors (Lipinski definition) is 3. The van der Waals surface area contributed by atoms with Crippen molar-refractivity contribution >= 4 is 11.6 Å². The maximum atomic E-state index is 12.6. The number of benzene rings is 1. The van der Waals surface area contributed by atoms with Crippen LogP contribution in [0.3, 0.4) is 0 Å². The van der Waals surface area contributed by atoms with Gasteiger partial charge >= 0.3 is 6.55 Å². The summed E-state index contributed by atoms with van der Waals surface area (Å²) in [5.74, 6) is 0.539. The number of halogens is 3. The molecule has 2 rings (SSSR count). The van der Waals surface area contributed by atoms with E-state index in [1.807, 2.05) is 0 Å². The fourth-order valence-corrected chi connectivity index (χ4v) is 1.82. The average Bonchev–Trinajstić information content (AvgIpc) is 2.85. The lowest BCUT2D eigenvalue weighted by atomic mass is 10.2. The van der Waals surface area contributed by atoms with Gasteiger partial charge in [-0.3, -0.25) is 4.57 Å². The minimum Gasteiger partial charge on any atom is -0.484 e. The van der Waals surface area contributed by atoms with Gasteiger partial charge in [0, 0.05) is 18.9 Å². The fraction of sp³-hybridized carbons (Fsp3) is 0.250. The van der Waals surface area contributed by atoms with Crippen molar-refractivity contribution in [3.8, 4) is 5.75 Å². The van der Waals surface area contributed by atoms with Crippen LogP contribution in [0.25, 0.3) is 0 Å². The third-order valence-corrected chi connectivity index (χ3v) is 2.84. The molecule has 1 aromatic carbocycles. The Labute approximate surface area is 113 Å². The van der Waals surface area contributed by atoms with Gasteiger partial charge in [-0.25, -0.2) is 4.98 Å². The number of aromatic nitrogens is 2. The molecule has 102 valence electrons. The first-order valence-electron chi connectivity index (χ1n) is 5.53. The van der Waals surface area contributed by atoms with Crippen LogP contribution in [-0.2, 0) is 13.2 Å². The molecule has 2 aromatic rings. The number of ether oxygens (including phenoxy) is 1. The second-order valence-electron chi connectivity index (χ2n) is 3.79. The van der Waals surface area contributed by atoms with Crippen molar-refractivity contribution in [2.75, 3.05) is 0 Å². The second kappa shape index (κ2) is 5.99. The predicted octanol–water partition coefficient (Wildman–Crippen LogP) is 2.97. The van der Waals surface area contributed by atoms with Gasteiger partial charge < -0.3 is 10.5 Å². The van der Waals surface area contributed by atoms with E-state index in [1.165, 1.54) is 12.4 Å². The Morgan fingerprint density at radius 2 is 2.21 bits per heavy atom. The maximum absolute atomic E-state index is 12.6. The number of nitrogens with two attached hydrogens (primary N) is 1. The zero-order chi connectivity index (χ0) is 13.8. The van der Waals surface area contributed by atoms with E-state index in [9.17, 15) is 8.78 Å². The van der Waals surface area contributed by atoms with Crippen LogP contribution in [0.4, 0.5) is 8.78 Å². The first-order chi connectivity index (χ1) is 9.11. The molecule has 0 bridgehead atoms. The molecule has 1 aromatic heterocycles. The van der Waals surface area contributed by atoms with Crippen LogP contribution in [0.2, 0.25) is 5.02 Å². The summed E-state index contributed by atoms with van der Waals surface area (Å²) in [6.07, 6.45) is 2.49. The molecule has 0 aliphatic rings. The Bertz CT molecular complexity index is 560. The summed E-state index contributed by atoms with van der Waals surface area (Å²) in [5, 5.41) is 0.387. The standard InChI is InChI=1S/C12H12ClF2N3O/c13-9-5-8(6-16)1-2-10(9)19-7-11-17-3-4-18(11)12(14)15/h1-5,12H,6-7,16H2. The predicted molar refractivity (Wildman–Crippen MR) is 67.2 cm³/mol. The summed E-state index contributed by atoms with van der Waals surface area (Å²) >= 11 is 5.99. The molecule has 0 saturated carbocycles. The summed E-state index contributed by atoms with van der Waals surface area (Å²) in [7, 11) is 0. The number of nitrogens with zero attached hydrogens (tertiary/aromatic N) is 2. The molecule has 2 N–H and O–H groups in total. The Balaban J connectivity index is 2.08. The third-order valence-electron chi connectivity index (χ3n) is 2.55. The van der Waals surface area contributed by atoms with Crippen LogP contribution >= 0.6 is 11.6 Å². The second-order valence-corrected chi connectivity index (χ2v) is 4.19. The highest BCUT2D eigenvalue weighted by molar-refractivity contribution is 6.32. The van der Waals surface area contributed by atoms with Crippen molar-refractivity contribution in [1.29, 1.82) is 0 Å². The monoisotopic (exact) mass is 287 g/mol. The Kier molecular flexibility index (Phi) is 4.34. The van der Waals surface area contributed by atoms with Crippen LogP contribution in [0.15, 0.2) is 30.6 Å². The van der Waals surface area contributed by atoms with E-state index in [-0.39, 0.29) is 12.4 Å². The number of alkyl halides is 2. The van der Waals surface area contributed by atoms with Crippen LogP contribution in [0, 0.1) is 0 Å². The highest BCUT2D eigenvalue weighted by atomic mass is 35.5. The number of imidazole rings is 1. The highest BCUT2D eigenvalue weighted by Crippen LogP contribution is 2.26. The molecule has 0 unspecified atom stereocenters. The summed E-state index contributed by atoms with van der Waals surface area (Å²) in [6, 6.07) is 5.09. The van der Waals surface area contributed by atoms with Gasteiger partial charge in [0.05, 0.1) is 5.02 Å². The largest absolute Gasteiger partial charge is 0.484 e. The van der Waals surface area contributed by atoms with E-state index in [2.05, 4.69) is 4.98 Å². The van der Waals surface area contributed by atoms with Gasteiger partial charge in [-0.15, -0.1) is 0 Å². The molecule has 0 fully saturated rings. The van der Waals surface area contributed by atoms with Gasteiger partial charge in [-0.05, 0) is 17.7 Å². The van der Waals surface area contributed by atoms with E-state index in [0.717, 1.165) is 10.1 Å². The smallest absolute Gasteiger partial charge is 0.320 e. The topological polar surface area (TPSA) is 53.1 Å². The van der Waals surface area contributed by atoms with Crippen molar-refractivity contribution < 1.29 is 13.5 Å². The zero-order valence-electron chi connectivity index (χ0n) is 9.89. The lowest BCUT2D eigenvalue weighted by Gasteiger charge is -2.10. The maximum Gasteiger partial charge on any atom is 0.320 e. The Hall–Kier alpha value is -1.66. The quantitative estimate of drug-likeness (QED) is 0.920. The first kappa shape index (κ1) is 13.8. The lowest BCUT2D eigenvalue weighted by molar-refractivity contribution is 0.0632. The molecule has 7 heteroatoms. The van der Waals surface area contributed by atoms with E-state index in [4.69, 9.17) is 22.1 Å². The van der Waals surface area contributed by atoms with E-state index in [0.29, 0.717) is 17.3 Å². The van der Waals surface area contributed by atoms with E-state index >= 15 is 0 Å². The normalized spacial score (nSPS) is 11.0. The molecule has 0 spiro atoms. The van der Waals surface area contributed by atoms with Gasteiger partial charge in [-0.1, -0.05) is 17.7 Å². The van der Waals surface area contributed by atoms with Crippen molar-refractivity contribution in [1.82, 2.24) is 9.55 Å². The molecule has 1 heterocycles. The Morgan fingerprint density at radius 3 is 2.84 bits per heavy atom. The van der Waals surface area contributed by atoms with Crippen molar-refractivity contribution in [3.05, 3.63) is 47.0 Å². The number of hydrogen-bond donors (Lipinski definition) is 1. The van der Waals surface area contributed by atoms with Gasteiger partial charge in [0.2, 0.25) is 0 Å². The molecule has 19 heavy (non-hydrogen) atoms. The van der Waals surface area contributed by atoms with Crippen LogP contribution < -0.4 is 10.5 Å². The summed E-state index contributed by atoms with van der Waals surface area (Å²) in [5.41, 5.74) is 6.34. The van der Waals surface area contributed by atoms with Crippen LogP contribution in [-0.4, -0.2) is 9.55 Å². The molecule has 0 aliphatic carbocycles. The summed E-state index contributed by atoms with van der Waals surface area (Å²) in [6.45, 7) is -2.36. The third kappa shape index (κ3) is 3.21. The summed E-state index contributed by atoms with van der Waals surface area (Å²) < 4.78 is 31.3. The van der Waals surface area contributed by atoms with Crippen LogP contribution in [0.1, 0.15) is 17.9 Å². The minimum atomic E-state index is -2.64. The van der Waals surface area contributed by atoms with Crippen molar-refractivity contribution in [2.24, 2.45) is 5.73 Å². The number of rotatable bonds is 5. The molecule has 0 amide bonds. The lowest BCUT2D eigenvalue weighted by Crippen LogP contribution is -2.07. The Morgan fingerprint density at radius 1 is 1.42 bits per heavy atom. The molecule has 4 nitrogen and oxygen atoms in total. The van der Waals surface area contributed by atoms with Gasteiger partial charge in [0.1, 0.15) is 12.4 Å². The molecule has 0 radical (unpaired) electrons. The first-order valence-corrected chi connectivity index (χ1v) is 5.90.